The number of ether oxygens (including phenoxy) is 1. The Morgan fingerprint density at radius 3 is 2.89 bits per heavy atom. The number of rotatable bonds is 4. The molecule has 0 bridgehead atoms. The van der Waals surface area contributed by atoms with Crippen LogP contribution in [0.1, 0.15) is 16.2 Å². The van der Waals surface area contributed by atoms with Crippen LogP contribution in [0.5, 0.6) is 5.75 Å². The molecule has 1 aromatic heterocycles. The van der Waals surface area contributed by atoms with Gasteiger partial charge in [0.1, 0.15) is 5.75 Å². The van der Waals surface area contributed by atoms with Gasteiger partial charge in [-0.25, -0.2) is 4.68 Å². The molecule has 0 spiro atoms. The Morgan fingerprint density at radius 1 is 1.47 bits per heavy atom. The number of benzene rings is 1. The van der Waals surface area contributed by atoms with Gasteiger partial charge in [-0.3, -0.25) is 4.79 Å². The van der Waals surface area contributed by atoms with Crippen molar-refractivity contribution >= 4 is 5.91 Å². The van der Waals surface area contributed by atoms with E-state index in [2.05, 4.69) is 15.5 Å². The first kappa shape index (κ1) is 13.0. The fourth-order valence-corrected chi connectivity index (χ4v) is 1.64. The molecule has 2 rings (SSSR count). The minimum absolute atomic E-state index is 0.109. The maximum atomic E-state index is 12.2. The van der Waals surface area contributed by atoms with E-state index in [4.69, 9.17) is 4.74 Å². The van der Waals surface area contributed by atoms with Crippen molar-refractivity contribution in [2.45, 2.75) is 6.54 Å². The van der Waals surface area contributed by atoms with Crippen molar-refractivity contribution in [1.82, 2.24) is 25.1 Å². The molecule has 0 fully saturated rings. The maximum absolute atomic E-state index is 12.2. The summed E-state index contributed by atoms with van der Waals surface area (Å²) < 4.78 is 6.64. The molecule has 0 atom stereocenters. The Bertz CT molecular complexity index is 581. The van der Waals surface area contributed by atoms with Crippen molar-refractivity contribution in [2.24, 2.45) is 7.05 Å². The molecule has 0 aliphatic rings. The molecule has 2 aromatic rings. The molecule has 0 aliphatic carbocycles. The van der Waals surface area contributed by atoms with Gasteiger partial charge in [0.2, 0.25) is 0 Å². The third-order valence-electron chi connectivity index (χ3n) is 2.75. The number of nitrogens with zero attached hydrogens (tertiary/aromatic N) is 5. The normalized spacial score (nSPS) is 10.3. The number of methoxy groups -OCH3 is 1. The number of carbonyl (C=O) groups excluding carboxylic acids is 1. The average molecular weight is 261 g/mol. The van der Waals surface area contributed by atoms with Crippen LogP contribution < -0.4 is 4.74 Å². The maximum Gasteiger partial charge on any atom is 0.254 e. The van der Waals surface area contributed by atoms with E-state index in [0.717, 1.165) is 0 Å². The summed E-state index contributed by atoms with van der Waals surface area (Å²) in [4.78, 5) is 13.8. The summed E-state index contributed by atoms with van der Waals surface area (Å²) in [6, 6.07) is 7.02. The van der Waals surface area contributed by atoms with Crippen molar-refractivity contribution in [2.75, 3.05) is 14.2 Å². The molecule has 0 aliphatic heterocycles. The number of aromatic nitrogens is 4. The molecule has 1 aromatic carbocycles. The van der Waals surface area contributed by atoms with Gasteiger partial charge in [0.15, 0.2) is 5.82 Å². The van der Waals surface area contributed by atoms with E-state index in [9.17, 15) is 4.79 Å². The summed E-state index contributed by atoms with van der Waals surface area (Å²) >= 11 is 0. The van der Waals surface area contributed by atoms with E-state index in [1.807, 2.05) is 0 Å². The number of amides is 1. The Kier molecular flexibility index (Phi) is 3.74. The largest absolute Gasteiger partial charge is 0.497 e. The van der Waals surface area contributed by atoms with Gasteiger partial charge in [0.25, 0.3) is 5.91 Å². The third kappa shape index (κ3) is 2.87. The molecular formula is C12H15N5O2. The minimum atomic E-state index is -0.109. The summed E-state index contributed by atoms with van der Waals surface area (Å²) in [6.07, 6.45) is 0. The van der Waals surface area contributed by atoms with E-state index in [1.165, 1.54) is 4.68 Å². The molecule has 100 valence electrons. The molecule has 1 heterocycles. The van der Waals surface area contributed by atoms with Crippen molar-refractivity contribution in [3.05, 3.63) is 35.7 Å². The highest BCUT2D eigenvalue weighted by atomic mass is 16.5. The third-order valence-corrected chi connectivity index (χ3v) is 2.75. The van der Waals surface area contributed by atoms with Crippen LogP contribution in [0.25, 0.3) is 0 Å². The second kappa shape index (κ2) is 5.47. The number of aryl methyl sites for hydroxylation is 1. The smallest absolute Gasteiger partial charge is 0.254 e. The fraction of sp³-hybridized carbons (Fsp3) is 0.333. The lowest BCUT2D eigenvalue weighted by Crippen LogP contribution is -2.27. The van der Waals surface area contributed by atoms with E-state index in [0.29, 0.717) is 23.7 Å². The number of carbonyl (C=O) groups is 1. The zero-order valence-electron chi connectivity index (χ0n) is 11.1. The molecule has 0 N–H and O–H groups in total. The molecule has 19 heavy (non-hydrogen) atoms. The predicted molar refractivity (Wildman–Crippen MR) is 67.6 cm³/mol. The summed E-state index contributed by atoms with van der Waals surface area (Å²) in [6.45, 7) is 0.347. The average Bonchev–Trinajstić information content (AvgIpc) is 2.83. The summed E-state index contributed by atoms with van der Waals surface area (Å²) in [7, 11) is 5.01. The molecule has 7 heteroatoms. The zero-order valence-corrected chi connectivity index (χ0v) is 11.1. The van der Waals surface area contributed by atoms with E-state index >= 15 is 0 Å². The highest BCUT2D eigenvalue weighted by Gasteiger charge is 2.15. The Morgan fingerprint density at radius 2 is 2.26 bits per heavy atom. The minimum Gasteiger partial charge on any atom is -0.497 e. The molecule has 0 saturated heterocycles. The molecule has 0 saturated carbocycles. The molecule has 0 unspecified atom stereocenters. The van der Waals surface area contributed by atoms with Crippen molar-refractivity contribution < 1.29 is 9.53 Å². The Hall–Kier alpha value is -2.44. The van der Waals surface area contributed by atoms with Gasteiger partial charge in [-0.1, -0.05) is 6.07 Å². The van der Waals surface area contributed by atoms with Gasteiger partial charge in [0.05, 0.1) is 13.7 Å². The first-order valence-electron chi connectivity index (χ1n) is 5.72. The van der Waals surface area contributed by atoms with Crippen LogP contribution in [-0.2, 0) is 13.6 Å². The number of tetrazole rings is 1. The van der Waals surface area contributed by atoms with Gasteiger partial charge in [-0.2, -0.15) is 0 Å². The van der Waals surface area contributed by atoms with E-state index in [1.54, 1.807) is 50.4 Å². The van der Waals surface area contributed by atoms with E-state index < -0.39 is 0 Å². The Labute approximate surface area is 110 Å². The van der Waals surface area contributed by atoms with Crippen LogP contribution >= 0.6 is 0 Å². The predicted octanol–water partition coefficient (Wildman–Crippen LogP) is 0.491. The molecule has 7 nitrogen and oxygen atoms in total. The van der Waals surface area contributed by atoms with Crippen LogP contribution in [0.3, 0.4) is 0 Å². The number of hydrogen-bond donors (Lipinski definition) is 0. The second-order valence-electron chi connectivity index (χ2n) is 4.11. The first-order chi connectivity index (χ1) is 9.11. The fourth-order valence-electron chi connectivity index (χ4n) is 1.64. The topological polar surface area (TPSA) is 73.1 Å². The highest BCUT2D eigenvalue weighted by molar-refractivity contribution is 5.94. The van der Waals surface area contributed by atoms with Crippen molar-refractivity contribution in [3.8, 4) is 5.75 Å². The van der Waals surface area contributed by atoms with Crippen LogP contribution in [0, 0.1) is 0 Å². The lowest BCUT2D eigenvalue weighted by atomic mass is 10.2. The second-order valence-corrected chi connectivity index (χ2v) is 4.11. The summed E-state index contributed by atoms with van der Waals surface area (Å²) in [5.41, 5.74) is 0.567. The molecule has 0 radical (unpaired) electrons. The summed E-state index contributed by atoms with van der Waals surface area (Å²) in [5.74, 6) is 1.17. The van der Waals surface area contributed by atoms with Crippen LogP contribution in [0.15, 0.2) is 24.3 Å². The van der Waals surface area contributed by atoms with Crippen LogP contribution in [0.2, 0.25) is 0 Å². The lowest BCUT2D eigenvalue weighted by molar-refractivity contribution is 0.0779. The highest BCUT2D eigenvalue weighted by Crippen LogP contribution is 2.14. The Balaban J connectivity index is 2.12. The van der Waals surface area contributed by atoms with E-state index in [-0.39, 0.29) is 5.91 Å². The van der Waals surface area contributed by atoms with Gasteiger partial charge >= 0.3 is 0 Å². The summed E-state index contributed by atoms with van der Waals surface area (Å²) in [5, 5.41) is 11.1. The van der Waals surface area contributed by atoms with Crippen LogP contribution in [-0.4, -0.2) is 45.2 Å². The van der Waals surface area contributed by atoms with Gasteiger partial charge in [-0.15, -0.1) is 5.10 Å². The first-order valence-corrected chi connectivity index (χ1v) is 5.72. The number of hydrogen-bond acceptors (Lipinski definition) is 5. The SMILES string of the molecule is COc1cccc(C(=O)N(C)Cc2nnnn2C)c1. The quantitative estimate of drug-likeness (QED) is 0.801. The van der Waals surface area contributed by atoms with Crippen LogP contribution in [0.4, 0.5) is 0 Å². The lowest BCUT2D eigenvalue weighted by Gasteiger charge is -2.16. The monoisotopic (exact) mass is 261 g/mol. The van der Waals surface area contributed by atoms with Crippen molar-refractivity contribution in [3.63, 3.8) is 0 Å². The molecule has 1 amide bonds. The van der Waals surface area contributed by atoms with Gasteiger partial charge < -0.3 is 9.64 Å². The van der Waals surface area contributed by atoms with Gasteiger partial charge in [0, 0.05) is 19.7 Å². The molecular weight excluding hydrogens is 246 g/mol. The van der Waals surface area contributed by atoms with Gasteiger partial charge in [-0.05, 0) is 28.6 Å². The standard InChI is InChI=1S/C12H15N5O2/c1-16(8-11-13-14-15-17(11)2)12(18)9-5-4-6-10(7-9)19-3/h4-7H,8H2,1-3H3. The zero-order chi connectivity index (χ0) is 13.8. The van der Waals surface area contributed by atoms with Crippen molar-refractivity contribution in [1.29, 1.82) is 0 Å².